The molecule has 2 N–H and O–H groups in total. The van der Waals surface area contributed by atoms with Crippen molar-refractivity contribution in [2.75, 3.05) is 38.6 Å². The number of nitrogens with two attached hydrogens (primary N) is 1. The first kappa shape index (κ1) is 14.3. The molecule has 116 valence electrons. The number of fused-ring (bicyclic) bond motifs is 1. The summed E-state index contributed by atoms with van der Waals surface area (Å²) in [5, 5.41) is 4.54. The molecule has 0 radical (unpaired) electrons. The highest BCUT2D eigenvalue weighted by Crippen LogP contribution is 2.25. The van der Waals surface area contributed by atoms with Crippen molar-refractivity contribution in [1.82, 2.24) is 24.2 Å². The van der Waals surface area contributed by atoms with Crippen molar-refractivity contribution in [3.05, 3.63) is 5.69 Å². The monoisotopic (exact) mass is 292 g/mol. The van der Waals surface area contributed by atoms with E-state index in [1.54, 1.807) is 0 Å². The first-order valence-corrected chi connectivity index (χ1v) is 7.62. The summed E-state index contributed by atoms with van der Waals surface area (Å²) in [6, 6.07) is 0.259. The maximum atomic E-state index is 6.16. The van der Waals surface area contributed by atoms with Gasteiger partial charge in [-0.25, -0.2) is 9.67 Å². The lowest BCUT2D eigenvalue weighted by atomic mass is 10.2. The van der Waals surface area contributed by atoms with Crippen molar-refractivity contribution >= 4 is 17.1 Å². The normalized spacial score (nSPS) is 18.4. The lowest BCUT2D eigenvalue weighted by molar-refractivity contribution is 0.0328. The highest BCUT2D eigenvalue weighted by Gasteiger charge is 2.22. The van der Waals surface area contributed by atoms with Crippen LogP contribution in [0.4, 0.5) is 5.95 Å². The van der Waals surface area contributed by atoms with Crippen molar-refractivity contribution < 1.29 is 4.74 Å². The van der Waals surface area contributed by atoms with E-state index in [1.165, 1.54) is 0 Å². The zero-order valence-electron chi connectivity index (χ0n) is 13.0. The van der Waals surface area contributed by atoms with Crippen LogP contribution in [0.25, 0.3) is 11.2 Å². The molecule has 0 aliphatic carbocycles. The van der Waals surface area contributed by atoms with E-state index in [4.69, 9.17) is 10.5 Å². The molecule has 7 nitrogen and oxygen atoms in total. The van der Waals surface area contributed by atoms with E-state index < -0.39 is 0 Å². The molecule has 3 heterocycles. The van der Waals surface area contributed by atoms with Gasteiger partial charge in [-0.2, -0.15) is 5.10 Å². The molecule has 1 aliphatic rings. The van der Waals surface area contributed by atoms with Crippen LogP contribution >= 0.6 is 0 Å². The summed E-state index contributed by atoms with van der Waals surface area (Å²) >= 11 is 0. The third-order valence-corrected chi connectivity index (χ3v) is 4.14. The molecule has 0 bridgehead atoms. The molecule has 3 rings (SSSR count). The van der Waals surface area contributed by atoms with Gasteiger partial charge in [-0.1, -0.05) is 0 Å². The minimum atomic E-state index is 0.259. The Morgan fingerprint density at radius 1 is 1.33 bits per heavy atom. The summed E-state index contributed by atoms with van der Waals surface area (Å²) in [6.07, 6.45) is 0. The van der Waals surface area contributed by atoms with Gasteiger partial charge in [0.1, 0.15) is 5.52 Å². The number of morpholine rings is 1. The number of nitrogens with zero attached hydrogens (tertiary/aromatic N) is 5. The molecule has 1 saturated heterocycles. The molecule has 2 aromatic rings. The predicted octanol–water partition coefficient (Wildman–Crippen LogP) is 1.04. The van der Waals surface area contributed by atoms with Crippen LogP contribution in [0.15, 0.2) is 0 Å². The average molecular weight is 292 g/mol. The topological polar surface area (TPSA) is 74.1 Å². The van der Waals surface area contributed by atoms with Crippen LogP contribution in [-0.4, -0.2) is 57.1 Å². The largest absolute Gasteiger partial charge is 0.379 e. The minimum absolute atomic E-state index is 0.259. The predicted molar refractivity (Wildman–Crippen MR) is 82.3 cm³/mol. The number of anilines is 1. The SMILES string of the molecule is CCn1nc(C)c2nc(N)n(C(C)CN3CCOCC3)c21. The van der Waals surface area contributed by atoms with E-state index in [-0.39, 0.29) is 6.04 Å². The van der Waals surface area contributed by atoms with E-state index in [9.17, 15) is 0 Å². The van der Waals surface area contributed by atoms with E-state index in [2.05, 4.69) is 33.4 Å². The summed E-state index contributed by atoms with van der Waals surface area (Å²) < 4.78 is 9.52. The summed E-state index contributed by atoms with van der Waals surface area (Å²) in [4.78, 5) is 6.93. The second-order valence-electron chi connectivity index (χ2n) is 5.68. The lowest BCUT2D eigenvalue weighted by Gasteiger charge is -2.30. The van der Waals surface area contributed by atoms with Gasteiger partial charge in [-0.3, -0.25) is 9.47 Å². The number of nitrogen functional groups attached to an aromatic ring is 1. The van der Waals surface area contributed by atoms with E-state index in [0.717, 1.165) is 56.3 Å². The number of ether oxygens (including phenoxy) is 1. The van der Waals surface area contributed by atoms with Crippen molar-refractivity contribution in [3.63, 3.8) is 0 Å². The number of aromatic nitrogens is 4. The smallest absolute Gasteiger partial charge is 0.202 e. The highest BCUT2D eigenvalue weighted by molar-refractivity contribution is 5.77. The number of hydrogen-bond donors (Lipinski definition) is 1. The Morgan fingerprint density at radius 3 is 2.71 bits per heavy atom. The van der Waals surface area contributed by atoms with Crippen LogP contribution in [0.3, 0.4) is 0 Å². The molecule has 0 aromatic carbocycles. The maximum Gasteiger partial charge on any atom is 0.202 e. The molecule has 2 aromatic heterocycles. The molecule has 7 heteroatoms. The van der Waals surface area contributed by atoms with Crippen molar-refractivity contribution in [3.8, 4) is 0 Å². The Bertz CT molecular complexity index is 625. The Hall–Kier alpha value is -1.60. The summed E-state index contributed by atoms with van der Waals surface area (Å²) in [5.41, 5.74) is 9.06. The van der Waals surface area contributed by atoms with Gasteiger partial charge in [0.2, 0.25) is 5.95 Å². The number of aryl methyl sites for hydroxylation is 2. The van der Waals surface area contributed by atoms with Crippen LogP contribution in [-0.2, 0) is 11.3 Å². The first-order chi connectivity index (χ1) is 10.1. The van der Waals surface area contributed by atoms with Crippen LogP contribution < -0.4 is 5.73 Å². The fourth-order valence-corrected chi connectivity index (χ4v) is 3.10. The summed E-state index contributed by atoms with van der Waals surface area (Å²) in [6.45, 7) is 11.6. The van der Waals surface area contributed by atoms with Crippen molar-refractivity contribution in [2.45, 2.75) is 33.4 Å². The van der Waals surface area contributed by atoms with E-state index >= 15 is 0 Å². The zero-order valence-corrected chi connectivity index (χ0v) is 13.0. The number of imidazole rings is 1. The van der Waals surface area contributed by atoms with Gasteiger partial charge in [0.05, 0.1) is 18.9 Å². The molecule has 1 unspecified atom stereocenters. The second kappa shape index (κ2) is 5.65. The minimum Gasteiger partial charge on any atom is -0.379 e. The van der Waals surface area contributed by atoms with Gasteiger partial charge in [0.25, 0.3) is 0 Å². The van der Waals surface area contributed by atoms with Gasteiger partial charge in [-0.15, -0.1) is 0 Å². The molecule has 0 spiro atoms. The summed E-state index contributed by atoms with van der Waals surface area (Å²) in [7, 11) is 0. The quantitative estimate of drug-likeness (QED) is 0.911. The highest BCUT2D eigenvalue weighted by atomic mass is 16.5. The zero-order chi connectivity index (χ0) is 15.0. The molecule has 0 saturated carbocycles. The van der Waals surface area contributed by atoms with E-state index in [1.807, 2.05) is 11.6 Å². The summed E-state index contributed by atoms with van der Waals surface area (Å²) in [5.74, 6) is 0.577. The molecule has 0 amide bonds. The number of hydrogen-bond acceptors (Lipinski definition) is 5. The lowest BCUT2D eigenvalue weighted by Crippen LogP contribution is -2.39. The first-order valence-electron chi connectivity index (χ1n) is 7.62. The van der Waals surface area contributed by atoms with Gasteiger partial charge in [0.15, 0.2) is 5.65 Å². The Morgan fingerprint density at radius 2 is 2.05 bits per heavy atom. The molecule has 21 heavy (non-hydrogen) atoms. The van der Waals surface area contributed by atoms with E-state index in [0.29, 0.717) is 5.95 Å². The molecular weight excluding hydrogens is 268 g/mol. The van der Waals surface area contributed by atoms with Crippen LogP contribution in [0, 0.1) is 6.92 Å². The van der Waals surface area contributed by atoms with Crippen LogP contribution in [0.5, 0.6) is 0 Å². The van der Waals surface area contributed by atoms with Crippen molar-refractivity contribution in [2.24, 2.45) is 0 Å². The third kappa shape index (κ3) is 2.51. The van der Waals surface area contributed by atoms with Gasteiger partial charge in [0, 0.05) is 32.2 Å². The Labute approximate surface area is 124 Å². The number of rotatable bonds is 4. The fraction of sp³-hybridized carbons (Fsp3) is 0.714. The third-order valence-electron chi connectivity index (χ3n) is 4.14. The average Bonchev–Trinajstić information content (AvgIpc) is 2.96. The van der Waals surface area contributed by atoms with Crippen LogP contribution in [0.1, 0.15) is 25.6 Å². The molecule has 1 fully saturated rings. The Balaban J connectivity index is 1.92. The maximum absolute atomic E-state index is 6.16. The fourth-order valence-electron chi connectivity index (χ4n) is 3.10. The van der Waals surface area contributed by atoms with Crippen molar-refractivity contribution in [1.29, 1.82) is 0 Å². The van der Waals surface area contributed by atoms with Gasteiger partial charge >= 0.3 is 0 Å². The molecular formula is C14H24N6O. The van der Waals surface area contributed by atoms with Crippen LogP contribution in [0.2, 0.25) is 0 Å². The standard InChI is InChI=1S/C14H24N6O/c1-4-19-13-12(11(3)17-19)16-14(15)20(13)10(2)9-18-5-7-21-8-6-18/h10H,4-9H2,1-3H3,(H2,15,16). The van der Waals surface area contributed by atoms with Gasteiger partial charge < -0.3 is 10.5 Å². The Kier molecular flexibility index (Phi) is 3.86. The second-order valence-corrected chi connectivity index (χ2v) is 5.68. The van der Waals surface area contributed by atoms with Gasteiger partial charge in [-0.05, 0) is 20.8 Å². The molecule has 1 aliphatic heterocycles. The molecule has 1 atom stereocenters.